The average molecular weight is 470 g/mol. The first kappa shape index (κ1) is 19.3. The Bertz CT molecular complexity index is 1230. The molecule has 0 aliphatic rings. The summed E-state index contributed by atoms with van der Waals surface area (Å²) >= 11 is 4.87. The van der Waals surface area contributed by atoms with Crippen molar-refractivity contribution in [2.75, 3.05) is 12.4 Å². The van der Waals surface area contributed by atoms with E-state index in [2.05, 4.69) is 36.5 Å². The maximum absolute atomic E-state index is 12.4. The molecular formula is C20H16BrN5O2S. The highest BCUT2D eigenvalue weighted by molar-refractivity contribution is 9.10. The standard InChI is InChI=1S/C20H16BrN5O2S/c1-12-23-24-20-26(12)25-19(29-20)14-4-3-5-16(11-14)22-18(27)9-6-13-10-15(21)7-8-17(13)28-2/h3-11H,1-2H3,(H,22,27). The van der Waals surface area contributed by atoms with Crippen LogP contribution in [0.15, 0.2) is 53.0 Å². The van der Waals surface area contributed by atoms with E-state index in [4.69, 9.17) is 4.74 Å². The number of aryl methyl sites for hydroxylation is 1. The molecule has 1 amide bonds. The fraction of sp³-hybridized carbons (Fsp3) is 0.100. The highest BCUT2D eigenvalue weighted by atomic mass is 79.9. The third-order valence-corrected chi connectivity index (χ3v) is 5.57. The third-order valence-electron chi connectivity index (χ3n) is 4.13. The molecule has 7 nitrogen and oxygen atoms in total. The van der Waals surface area contributed by atoms with Gasteiger partial charge in [0.1, 0.15) is 10.8 Å². The number of halogens is 1. The van der Waals surface area contributed by atoms with Gasteiger partial charge in [-0.2, -0.15) is 9.61 Å². The third kappa shape index (κ3) is 4.20. The molecule has 4 rings (SSSR count). The van der Waals surface area contributed by atoms with E-state index in [1.54, 1.807) is 17.7 Å². The van der Waals surface area contributed by atoms with Crippen LogP contribution in [0.4, 0.5) is 5.69 Å². The van der Waals surface area contributed by atoms with Crippen molar-refractivity contribution in [3.63, 3.8) is 0 Å². The Labute approximate surface area is 179 Å². The number of carbonyl (C=O) groups excluding carboxylic acids is 1. The summed E-state index contributed by atoms with van der Waals surface area (Å²) in [6, 6.07) is 13.1. The zero-order valence-electron chi connectivity index (χ0n) is 15.6. The normalized spacial score (nSPS) is 11.3. The molecule has 0 fully saturated rings. The van der Waals surface area contributed by atoms with E-state index in [1.807, 2.05) is 49.4 Å². The Hall–Kier alpha value is -3.04. The fourth-order valence-electron chi connectivity index (χ4n) is 2.75. The lowest BCUT2D eigenvalue weighted by Gasteiger charge is -2.06. The van der Waals surface area contributed by atoms with E-state index < -0.39 is 0 Å². The smallest absolute Gasteiger partial charge is 0.248 e. The van der Waals surface area contributed by atoms with Crippen molar-refractivity contribution in [1.29, 1.82) is 0 Å². The summed E-state index contributed by atoms with van der Waals surface area (Å²) in [5.41, 5.74) is 2.39. The number of fused-ring (bicyclic) bond motifs is 1. The number of ether oxygens (including phenoxy) is 1. The van der Waals surface area contributed by atoms with E-state index in [9.17, 15) is 4.79 Å². The van der Waals surface area contributed by atoms with Crippen LogP contribution in [0.1, 0.15) is 11.4 Å². The minimum absolute atomic E-state index is 0.238. The maximum atomic E-state index is 12.4. The van der Waals surface area contributed by atoms with Gasteiger partial charge in [0.05, 0.1) is 7.11 Å². The number of aromatic nitrogens is 4. The van der Waals surface area contributed by atoms with Gasteiger partial charge in [0.2, 0.25) is 10.9 Å². The molecule has 0 saturated heterocycles. The number of nitrogens with one attached hydrogen (secondary N) is 1. The lowest BCUT2D eigenvalue weighted by Crippen LogP contribution is -2.07. The predicted octanol–water partition coefficient (Wildman–Crippen LogP) is 4.58. The summed E-state index contributed by atoms with van der Waals surface area (Å²) in [4.78, 5) is 13.1. The number of hydrogen-bond acceptors (Lipinski definition) is 6. The van der Waals surface area contributed by atoms with Crippen LogP contribution in [0.3, 0.4) is 0 Å². The summed E-state index contributed by atoms with van der Waals surface area (Å²) in [5, 5.41) is 16.3. The molecule has 0 unspecified atom stereocenters. The molecule has 4 aromatic rings. The molecular weight excluding hydrogens is 454 g/mol. The number of methoxy groups -OCH3 is 1. The number of amides is 1. The van der Waals surface area contributed by atoms with Crippen LogP contribution in [0.2, 0.25) is 0 Å². The van der Waals surface area contributed by atoms with Crippen molar-refractivity contribution in [1.82, 2.24) is 19.8 Å². The molecule has 9 heteroatoms. The number of nitrogens with zero attached hydrogens (tertiary/aromatic N) is 4. The summed E-state index contributed by atoms with van der Waals surface area (Å²) < 4.78 is 7.94. The molecule has 0 aliphatic heterocycles. The van der Waals surface area contributed by atoms with Crippen molar-refractivity contribution in [3.05, 3.63) is 64.4 Å². The second-order valence-electron chi connectivity index (χ2n) is 6.14. The number of hydrogen-bond donors (Lipinski definition) is 1. The zero-order chi connectivity index (χ0) is 20.4. The average Bonchev–Trinajstić information content (AvgIpc) is 3.29. The lowest BCUT2D eigenvalue weighted by atomic mass is 10.2. The number of benzene rings is 2. The van der Waals surface area contributed by atoms with Crippen LogP contribution in [-0.2, 0) is 4.79 Å². The largest absolute Gasteiger partial charge is 0.496 e. The highest BCUT2D eigenvalue weighted by Crippen LogP contribution is 2.28. The molecule has 2 heterocycles. The minimum Gasteiger partial charge on any atom is -0.496 e. The SMILES string of the molecule is COc1ccc(Br)cc1C=CC(=O)Nc1cccc(-c2nn3c(C)nnc3s2)c1. The van der Waals surface area contributed by atoms with Gasteiger partial charge >= 0.3 is 0 Å². The van der Waals surface area contributed by atoms with Crippen LogP contribution in [0.25, 0.3) is 21.6 Å². The Kier molecular flexibility index (Phi) is 5.41. The molecule has 0 aliphatic carbocycles. The Balaban J connectivity index is 1.52. The lowest BCUT2D eigenvalue weighted by molar-refractivity contribution is -0.111. The first-order valence-corrected chi connectivity index (χ1v) is 10.3. The molecule has 0 atom stereocenters. The van der Waals surface area contributed by atoms with E-state index >= 15 is 0 Å². The molecule has 0 spiro atoms. The summed E-state index contributed by atoms with van der Waals surface area (Å²) in [6.07, 6.45) is 3.19. The van der Waals surface area contributed by atoms with E-state index in [0.717, 1.165) is 31.4 Å². The number of anilines is 1. The van der Waals surface area contributed by atoms with Crippen LogP contribution < -0.4 is 10.1 Å². The van der Waals surface area contributed by atoms with Crippen molar-refractivity contribution in [2.45, 2.75) is 6.92 Å². The first-order valence-electron chi connectivity index (χ1n) is 8.65. The summed E-state index contributed by atoms with van der Waals surface area (Å²) in [5.74, 6) is 1.19. The van der Waals surface area contributed by atoms with Crippen LogP contribution >= 0.6 is 27.3 Å². The Morgan fingerprint density at radius 2 is 2.10 bits per heavy atom. The van der Waals surface area contributed by atoms with Gasteiger partial charge < -0.3 is 10.1 Å². The van der Waals surface area contributed by atoms with Crippen LogP contribution in [0, 0.1) is 6.92 Å². The molecule has 29 heavy (non-hydrogen) atoms. The second-order valence-corrected chi connectivity index (χ2v) is 8.01. The second kappa shape index (κ2) is 8.14. The fourth-order valence-corrected chi connectivity index (χ4v) is 4.01. The quantitative estimate of drug-likeness (QED) is 0.432. The van der Waals surface area contributed by atoms with Crippen LogP contribution in [0.5, 0.6) is 5.75 Å². The molecule has 1 N–H and O–H groups in total. The Morgan fingerprint density at radius 1 is 1.24 bits per heavy atom. The zero-order valence-corrected chi connectivity index (χ0v) is 18.0. The monoisotopic (exact) mass is 469 g/mol. The van der Waals surface area contributed by atoms with Gasteiger partial charge in [0, 0.05) is 27.4 Å². The van der Waals surface area contributed by atoms with Crippen molar-refractivity contribution < 1.29 is 9.53 Å². The number of carbonyl (C=O) groups is 1. The molecule has 2 aromatic heterocycles. The van der Waals surface area contributed by atoms with Gasteiger partial charge in [-0.3, -0.25) is 4.79 Å². The predicted molar refractivity (Wildman–Crippen MR) is 117 cm³/mol. The highest BCUT2D eigenvalue weighted by Gasteiger charge is 2.11. The van der Waals surface area contributed by atoms with Crippen molar-refractivity contribution in [3.8, 4) is 16.3 Å². The van der Waals surface area contributed by atoms with E-state index in [1.165, 1.54) is 17.4 Å². The van der Waals surface area contributed by atoms with Gasteiger partial charge in [-0.1, -0.05) is 39.4 Å². The van der Waals surface area contributed by atoms with Crippen molar-refractivity contribution >= 4 is 49.9 Å². The molecule has 0 bridgehead atoms. The topological polar surface area (TPSA) is 81.4 Å². The van der Waals surface area contributed by atoms with Gasteiger partial charge in [-0.05, 0) is 43.3 Å². The molecule has 2 aromatic carbocycles. The van der Waals surface area contributed by atoms with Gasteiger partial charge in [0.25, 0.3) is 0 Å². The number of rotatable bonds is 5. The van der Waals surface area contributed by atoms with Gasteiger partial charge in [-0.15, -0.1) is 10.2 Å². The molecule has 146 valence electrons. The molecule has 0 radical (unpaired) electrons. The minimum atomic E-state index is -0.238. The first-order chi connectivity index (χ1) is 14.0. The summed E-state index contributed by atoms with van der Waals surface area (Å²) in [6.45, 7) is 1.85. The van der Waals surface area contributed by atoms with Crippen molar-refractivity contribution in [2.24, 2.45) is 0 Å². The molecule has 0 saturated carbocycles. The van der Waals surface area contributed by atoms with Gasteiger partial charge in [0.15, 0.2) is 5.82 Å². The van der Waals surface area contributed by atoms with Gasteiger partial charge in [-0.25, -0.2) is 0 Å². The van der Waals surface area contributed by atoms with Crippen LogP contribution in [-0.4, -0.2) is 32.8 Å². The maximum Gasteiger partial charge on any atom is 0.248 e. The summed E-state index contributed by atoms with van der Waals surface area (Å²) in [7, 11) is 1.60. The van der Waals surface area contributed by atoms with E-state index in [0.29, 0.717) is 11.4 Å². The Morgan fingerprint density at radius 3 is 2.90 bits per heavy atom. The van der Waals surface area contributed by atoms with E-state index in [-0.39, 0.29) is 5.91 Å².